The van der Waals surface area contributed by atoms with E-state index in [1.807, 2.05) is 4.90 Å². The summed E-state index contributed by atoms with van der Waals surface area (Å²) in [6, 6.07) is 0.685. The molecule has 2 atom stereocenters. The van der Waals surface area contributed by atoms with Crippen molar-refractivity contribution >= 4 is 17.0 Å². The summed E-state index contributed by atoms with van der Waals surface area (Å²) in [6.45, 7) is 9.62. The number of hydrogen-bond donors (Lipinski definition) is 2. The predicted octanol–water partition coefficient (Wildman–Crippen LogP) is 0.821. The van der Waals surface area contributed by atoms with Gasteiger partial charge in [-0.05, 0) is 40.2 Å². The Bertz CT molecular complexity index is 288. The Morgan fingerprint density at radius 1 is 1.24 bits per heavy atom. The van der Waals surface area contributed by atoms with Crippen molar-refractivity contribution in [2.24, 2.45) is 5.73 Å². The van der Waals surface area contributed by atoms with Gasteiger partial charge in [-0.3, -0.25) is 9.10 Å². The SMILES string of the molecule is C[C@@H]1CN(C(=O)C(C)(C)N)[C@@H](C)CN1[SH](C)C. The molecule has 1 aliphatic rings. The van der Waals surface area contributed by atoms with Gasteiger partial charge in [0.05, 0.1) is 5.54 Å². The number of carbonyl (C=O) groups excluding carboxylic acids is 1. The number of carbonyl (C=O) groups is 1. The van der Waals surface area contributed by atoms with Gasteiger partial charge in [0.15, 0.2) is 0 Å². The van der Waals surface area contributed by atoms with Gasteiger partial charge in [0, 0.05) is 25.2 Å². The molecule has 4 nitrogen and oxygen atoms in total. The molecule has 0 aliphatic carbocycles. The van der Waals surface area contributed by atoms with Gasteiger partial charge in [-0.1, -0.05) is 0 Å². The van der Waals surface area contributed by atoms with E-state index >= 15 is 0 Å². The largest absolute Gasteiger partial charge is 0.335 e. The number of rotatable bonds is 2. The van der Waals surface area contributed by atoms with Crippen molar-refractivity contribution in [3.63, 3.8) is 0 Å². The highest BCUT2D eigenvalue weighted by Gasteiger charge is 2.37. The molecule has 0 aromatic heterocycles. The number of hydrogen-bond acceptors (Lipinski definition) is 3. The van der Waals surface area contributed by atoms with E-state index in [0.717, 1.165) is 13.1 Å². The highest BCUT2D eigenvalue weighted by atomic mass is 32.2. The summed E-state index contributed by atoms with van der Waals surface area (Å²) >= 11 is -0.0869. The van der Waals surface area contributed by atoms with Gasteiger partial charge in [-0.15, -0.1) is 0 Å². The van der Waals surface area contributed by atoms with E-state index in [1.54, 1.807) is 13.8 Å². The first kappa shape index (κ1) is 14.8. The molecule has 102 valence electrons. The van der Waals surface area contributed by atoms with Crippen molar-refractivity contribution in [1.29, 1.82) is 0 Å². The van der Waals surface area contributed by atoms with E-state index in [0.29, 0.717) is 6.04 Å². The van der Waals surface area contributed by atoms with Crippen LogP contribution in [0.3, 0.4) is 0 Å². The molecular weight excluding hydrogens is 234 g/mol. The molecule has 5 heteroatoms. The molecule has 0 aromatic rings. The lowest BCUT2D eigenvalue weighted by molar-refractivity contribution is -0.140. The smallest absolute Gasteiger partial charge is 0.242 e. The summed E-state index contributed by atoms with van der Waals surface area (Å²) in [6.07, 6.45) is 4.53. The zero-order valence-corrected chi connectivity index (χ0v) is 12.8. The fourth-order valence-electron chi connectivity index (χ4n) is 2.32. The van der Waals surface area contributed by atoms with Crippen LogP contribution in [0.25, 0.3) is 0 Å². The van der Waals surface area contributed by atoms with Crippen LogP contribution < -0.4 is 5.73 Å². The summed E-state index contributed by atoms with van der Waals surface area (Å²) in [7, 11) is 0. The molecule has 0 unspecified atom stereocenters. The molecule has 0 bridgehead atoms. The highest BCUT2D eigenvalue weighted by Crippen LogP contribution is 2.30. The first-order chi connectivity index (χ1) is 7.64. The topological polar surface area (TPSA) is 49.6 Å². The minimum absolute atomic E-state index is 0.0630. The van der Waals surface area contributed by atoms with Gasteiger partial charge < -0.3 is 10.6 Å². The zero-order chi connectivity index (χ0) is 13.4. The molecule has 1 heterocycles. The first-order valence-electron chi connectivity index (χ1n) is 6.18. The molecule has 0 spiro atoms. The molecule has 1 amide bonds. The average Bonchev–Trinajstić information content (AvgIpc) is 2.18. The summed E-state index contributed by atoms with van der Waals surface area (Å²) in [5, 5.41) is 0. The van der Waals surface area contributed by atoms with Crippen LogP contribution in [0.2, 0.25) is 0 Å². The van der Waals surface area contributed by atoms with Gasteiger partial charge in [0.25, 0.3) is 0 Å². The van der Waals surface area contributed by atoms with Crippen molar-refractivity contribution in [3.8, 4) is 0 Å². The second-order valence-corrected chi connectivity index (χ2v) is 8.05. The first-order valence-corrected chi connectivity index (χ1v) is 8.37. The van der Waals surface area contributed by atoms with E-state index < -0.39 is 5.54 Å². The van der Waals surface area contributed by atoms with Crippen LogP contribution in [0.15, 0.2) is 0 Å². The fourth-order valence-corrected chi connectivity index (χ4v) is 3.74. The third-order valence-corrected chi connectivity index (χ3v) is 4.86. The molecule has 1 aliphatic heterocycles. The van der Waals surface area contributed by atoms with Gasteiger partial charge in [0.1, 0.15) is 0 Å². The molecule has 17 heavy (non-hydrogen) atoms. The summed E-state index contributed by atoms with van der Waals surface area (Å²) in [5.74, 6) is 0.0630. The van der Waals surface area contributed by atoms with E-state index in [1.165, 1.54) is 0 Å². The van der Waals surface area contributed by atoms with Crippen LogP contribution >= 0.6 is 11.1 Å². The van der Waals surface area contributed by atoms with Gasteiger partial charge in [0.2, 0.25) is 5.91 Å². The fraction of sp³-hybridized carbons (Fsp3) is 0.917. The monoisotopic (exact) mass is 261 g/mol. The molecule has 0 radical (unpaired) electrons. The Balaban J connectivity index is 2.77. The highest BCUT2D eigenvalue weighted by molar-refractivity contribution is 8.13. The molecule has 0 aromatic carbocycles. The maximum absolute atomic E-state index is 12.2. The molecule has 2 N–H and O–H groups in total. The Labute approximate surface area is 108 Å². The normalized spacial score (nSPS) is 28.2. The van der Waals surface area contributed by atoms with Gasteiger partial charge in [-0.2, -0.15) is 0 Å². The van der Waals surface area contributed by atoms with E-state index in [4.69, 9.17) is 5.73 Å². The maximum Gasteiger partial charge on any atom is 0.242 e. The molecule has 1 fully saturated rings. The Morgan fingerprint density at radius 2 is 1.76 bits per heavy atom. The molecular formula is C12H27N3OS. The number of amides is 1. The minimum atomic E-state index is -0.765. The van der Waals surface area contributed by atoms with Crippen molar-refractivity contribution in [2.45, 2.75) is 45.3 Å². The maximum atomic E-state index is 12.2. The van der Waals surface area contributed by atoms with E-state index in [-0.39, 0.29) is 23.0 Å². The van der Waals surface area contributed by atoms with Gasteiger partial charge in [-0.25, -0.2) is 11.1 Å². The lowest BCUT2D eigenvalue weighted by Gasteiger charge is -2.48. The molecule has 0 saturated carbocycles. The molecule has 1 rings (SSSR count). The van der Waals surface area contributed by atoms with Crippen molar-refractivity contribution < 1.29 is 4.79 Å². The van der Waals surface area contributed by atoms with Crippen LogP contribution in [0, 0.1) is 0 Å². The minimum Gasteiger partial charge on any atom is -0.335 e. The van der Waals surface area contributed by atoms with Crippen LogP contribution in [-0.4, -0.2) is 58.3 Å². The number of nitrogens with two attached hydrogens (primary N) is 1. The average molecular weight is 261 g/mol. The lowest BCUT2D eigenvalue weighted by atomic mass is 10.0. The summed E-state index contributed by atoms with van der Waals surface area (Å²) < 4.78 is 2.51. The predicted molar refractivity (Wildman–Crippen MR) is 76.4 cm³/mol. The Kier molecular flexibility index (Phi) is 4.49. The third kappa shape index (κ3) is 3.36. The molecule has 1 saturated heterocycles. The van der Waals surface area contributed by atoms with Crippen LogP contribution in [-0.2, 0) is 4.79 Å². The van der Waals surface area contributed by atoms with E-state index in [2.05, 4.69) is 30.7 Å². The summed E-state index contributed by atoms with van der Waals surface area (Å²) in [5.41, 5.74) is 5.15. The number of piperazine rings is 1. The number of nitrogens with zero attached hydrogens (tertiary/aromatic N) is 2. The van der Waals surface area contributed by atoms with Gasteiger partial charge >= 0.3 is 0 Å². The second-order valence-electron chi connectivity index (χ2n) is 5.85. The second kappa shape index (κ2) is 5.16. The van der Waals surface area contributed by atoms with Crippen LogP contribution in [0.1, 0.15) is 27.7 Å². The van der Waals surface area contributed by atoms with Crippen LogP contribution in [0.5, 0.6) is 0 Å². The Hall–Kier alpha value is -0.260. The standard InChI is InChI=1S/C12H27N3OS/c1-9-8-15(17(5)6)10(2)7-14(9)11(16)12(3,4)13/h9-10,17H,7-8,13H2,1-6H3/t9-,10+/m0/s1. The lowest BCUT2D eigenvalue weighted by Crippen LogP contribution is -2.62. The third-order valence-electron chi connectivity index (χ3n) is 3.28. The van der Waals surface area contributed by atoms with Crippen molar-refractivity contribution in [1.82, 2.24) is 9.21 Å². The quantitative estimate of drug-likeness (QED) is 0.724. The van der Waals surface area contributed by atoms with E-state index in [9.17, 15) is 4.79 Å². The van der Waals surface area contributed by atoms with Crippen molar-refractivity contribution in [3.05, 3.63) is 0 Å². The number of thiol groups is 1. The van der Waals surface area contributed by atoms with Crippen LogP contribution in [0.4, 0.5) is 0 Å². The zero-order valence-electron chi connectivity index (χ0n) is 11.9. The van der Waals surface area contributed by atoms with Crippen molar-refractivity contribution in [2.75, 3.05) is 25.6 Å². The summed E-state index contributed by atoms with van der Waals surface area (Å²) in [4.78, 5) is 14.2. The Morgan fingerprint density at radius 3 is 2.18 bits per heavy atom.